The first-order valence-corrected chi connectivity index (χ1v) is 10.1. The quantitative estimate of drug-likeness (QED) is 0.464. The summed E-state index contributed by atoms with van der Waals surface area (Å²) in [5.41, 5.74) is 6.11. The smallest absolute Gasteiger partial charge is 0.168 e. The predicted molar refractivity (Wildman–Crippen MR) is 116 cm³/mol. The molecule has 1 aliphatic heterocycles. The molecule has 0 saturated heterocycles. The first-order chi connectivity index (χ1) is 14.4. The van der Waals surface area contributed by atoms with Crippen molar-refractivity contribution in [3.8, 4) is 17.0 Å². The molecule has 2 aromatic heterocycles. The van der Waals surface area contributed by atoms with Crippen LogP contribution in [0.4, 0.5) is 0 Å². The Balaban J connectivity index is 1.51. The van der Waals surface area contributed by atoms with Crippen LogP contribution >= 0.6 is 0 Å². The van der Waals surface area contributed by atoms with Gasteiger partial charge in [-0.25, -0.2) is 9.50 Å². The summed E-state index contributed by atoms with van der Waals surface area (Å²) < 4.78 is 7.65. The minimum atomic E-state index is -0.0199. The van der Waals surface area contributed by atoms with E-state index in [9.17, 15) is 4.79 Å². The summed E-state index contributed by atoms with van der Waals surface area (Å²) in [6.45, 7) is 6.88. The Bertz CT molecular complexity index is 1270. The van der Waals surface area contributed by atoms with Gasteiger partial charge in [0, 0.05) is 28.2 Å². The summed E-state index contributed by atoms with van der Waals surface area (Å²) in [4.78, 5) is 17.7. The lowest BCUT2D eigenvalue weighted by Gasteiger charge is -2.14. The third-order valence-electron chi connectivity index (χ3n) is 5.63. The van der Waals surface area contributed by atoms with Gasteiger partial charge in [0.2, 0.25) is 0 Å². The number of aromatic nitrogens is 3. The lowest BCUT2D eigenvalue weighted by molar-refractivity contribution is 0.0991. The summed E-state index contributed by atoms with van der Waals surface area (Å²) in [5, 5.41) is 4.57. The van der Waals surface area contributed by atoms with Crippen molar-refractivity contribution in [1.82, 2.24) is 14.6 Å². The maximum Gasteiger partial charge on any atom is 0.168 e. The van der Waals surface area contributed by atoms with Crippen LogP contribution in [0.15, 0.2) is 60.7 Å². The van der Waals surface area contributed by atoms with Gasteiger partial charge in [-0.2, -0.15) is 5.10 Å². The van der Waals surface area contributed by atoms with Gasteiger partial charge in [0.1, 0.15) is 5.75 Å². The van der Waals surface area contributed by atoms with Crippen LogP contribution < -0.4 is 4.74 Å². The van der Waals surface area contributed by atoms with Gasteiger partial charge in [-0.3, -0.25) is 4.79 Å². The normalized spacial score (nSPS) is 14.5. The van der Waals surface area contributed by atoms with Gasteiger partial charge in [0.25, 0.3) is 0 Å². The highest BCUT2D eigenvalue weighted by Crippen LogP contribution is 2.38. The molecule has 0 N–H and O–H groups in total. The van der Waals surface area contributed by atoms with Crippen LogP contribution in [0.25, 0.3) is 16.9 Å². The monoisotopic (exact) mass is 397 g/mol. The molecule has 5 heteroatoms. The Morgan fingerprint density at radius 1 is 1.10 bits per heavy atom. The fraction of sp³-hybridized carbons (Fsp3) is 0.240. The van der Waals surface area contributed by atoms with Gasteiger partial charge < -0.3 is 4.74 Å². The zero-order chi connectivity index (χ0) is 20.9. The summed E-state index contributed by atoms with van der Waals surface area (Å²) in [6.07, 6.45) is 0.225. The molecule has 5 rings (SSSR count). The topological polar surface area (TPSA) is 56.5 Å². The average Bonchev–Trinajstić information content (AvgIpc) is 3.26. The molecular formula is C25H23N3O2. The van der Waals surface area contributed by atoms with E-state index in [4.69, 9.17) is 9.72 Å². The van der Waals surface area contributed by atoms with Crippen molar-refractivity contribution in [3.63, 3.8) is 0 Å². The second-order valence-electron chi connectivity index (χ2n) is 8.54. The molecule has 0 aliphatic carbocycles. The lowest BCUT2D eigenvalue weighted by Crippen LogP contribution is -2.18. The molecule has 1 aliphatic rings. The van der Waals surface area contributed by atoms with Crippen molar-refractivity contribution in [2.24, 2.45) is 0 Å². The van der Waals surface area contributed by atoms with E-state index >= 15 is 0 Å². The molecule has 0 saturated carbocycles. The molecule has 150 valence electrons. The van der Waals surface area contributed by atoms with Crippen molar-refractivity contribution < 1.29 is 9.53 Å². The van der Waals surface area contributed by atoms with Gasteiger partial charge in [0.05, 0.1) is 30.1 Å². The molecule has 0 amide bonds. The van der Waals surface area contributed by atoms with E-state index in [0.717, 1.165) is 39.6 Å². The van der Waals surface area contributed by atoms with Crippen LogP contribution in [0.5, 0.6) is 5.75 Å². The second kappa shape index (κ2) is 6.80. The summed E-state index contributed by atoms with van der Waals surface area (Å²) >= 11 is 0. The van der Waals surface area contributed by atoms with Crippen LogP contribution in [0, 0.1) is 6.92 Å². The van der Waals surface area contributed by atoms with Crippen LogP contribution in [0.2, 0.25) is 0 Å². The molecule has 4 aromatic rings. The fourth-order valence-corrected chi connectivity index (χ4v) is 4.02. The molecule has 5 nitrogen and oxygen atoms in total. The van der Waals surface area contributed by atoms with E-state index in [1.54, 1.807) is 0 Å². The molecule has 0 unspecified atom stereocenters. The first kappa shape index (κ1) is 18.6. The molecule has 0 atom stereocenters. The number of fused-ring (bicyclic) bond motifs is 2. The average molecular weight is 397 g/mol. The number of carbonyl (C=O) groups excluding carboxylic acids is 1. The Kier molecular flexibility index (Phi) is 4.21. The molecule has 2 aromatic carbocycles. The van der Waals surface area contributed by atoms with Crippen molar-refractivity contribution in [1.29, 1.82) is 0 Å². The number of carbonyl (C=O) groups is 1. The zero-order valence-corrected chi connectivity index (χ0v) is 17.3. The zero-order valence-electron chi connectivity index (χ0n) is 17.3. The minimum Gasteiger partial charge on any atom is -0.492 e. The highest BCUT2D eigenvalue weighted by molar-refractivity contribution is 5.98. The summed E-state index contributed by atoms with van der Waals surface area (Å²) in [5.74, 6) is 0.837. The molecule has 3 heterocycles. The third kappa shape index (κ3) is 3.16. The Morgan fingerprint density at radius 2 is 1.90 bits per heavy atom. The van der Waals surface area contributed by atoms with E-state index in [1.165, 1.54) is 0 Å². The van der Waals surface area contributed by atoms with E-state index < -0.39 is 0 Å². The van der Waals surface area contributed by atoms with E-state index in [1.807, 2.05) is 72.1 Å². The maximum absolute atomic E-state index is 13.0. The summed E-state index contributed by atoms with van der Waals surface area (Å²) in [7, 11) is 0. The van der Waals surface area contributed by atoms with Gasteiger partial charge in [0.15, 0.2) is 11.4 Å². The van der Waals surface area contributed by atoms with Gasteiger partial charge in [-0.15, -0.1) is 0 Å². The number of ether oxygens (including phenoxy) is 1. The van der Waals surface area contributed by atoms with Gasteiger partial charge >= 0.3 is 0 Å². The van der Waals surface area contributed by atoms with Crippen LogP contribution in [0.3, 0.4) is 0 Å². The molecule has 0 radical (unpaired) electrons. The number of hydrogen-bond donors (Lipinski definition) is 0. The standard InChI is InChI=1S/C25H23N3O2/c1-16-11-24-26-19(13-21(28(24)27-16)17-7-5-4-6-8-17)14-22(29)18-9-10-20-23(12-18)30-15-25(20,2)3/h4-13H,14-15H2,1-3H3. The molecule has 30 heavy (non-hydrogen) atoms. The lowest BCUT2D eigenvalue weighted by atomic mass is 9.86. The van der Waals surface area contributed by atoms with Crippen molar-refractivity contribution in [2.75, 3.05) is 6.61 Å². The minimum absolute atomic E-state index is 0.0199. The van der Waals surface area contributed by atoms with E-state index in [2.05, 4.69) is 18.9 Å². The SMILES string of the molecule is Cc1cc2nc(CC(=O)c3ccc4c(c3)OCC4(C)C)cc(-c3ccccc3)n2n1. The number of benzene rings is 2. The van der Waals surface area contributed by atoms with Crippen LogP contribution in [0.1, 0.15) is 41.2 Å². The fourth-order valence-electron chi connectivity index (χ4n) is 4.02. The van der Waals surface area contributed by atoms with E-state index in [0.29, 0.717) is 12.2 Å². The molecular weight excluding hydrogens is 374 g/mol. The number of rotatable bonds is 4. The number of Topliss-reactive ketones (excluding diaryl/α,β-unsaturated/α-hetero) is 1. The van der Waals surface area contributed by atoms with Crippen LogP contribution in [-0.2, 0) is 11.8 Å². The number of ketones is 1. The largest absolute Gasteiger partial charge is 0.492 e. The molecule has 0 bridgehead atoms. The Labute approximate surface area is 175 Å². The highest BCUT2D eigenvalue weighted by Gasteiger charge is 2.32. The van der Waals surface area contributed by atoms with Crippen LogP contribution in [-0.4, -0.2) is 27.0 Å². The first-order valence-electron chi connectivity index (χ1n) is 10.1. The Hall–Kier alpha value is -3.47. The number of hydrogen-bond acceptors (Lipinski definition) is 4. The number of nitrogens with zero attached hydrogens (tertiary/aromatic N) is 3. The van der Waals surface area contributed by atoms with Crippen molar-refractivity contribution >= 4 is 11.4 Å². The highest BCUT2D eigenvalue weighted by atomic mass is 16.5. The molecule has 0 fully saturated rings. The van der Waals surface area contributed by atoms with Gasteiger partial charge in [-0.05, 0) is 19.1 Å². The van der Waals surface area contributed by atoms with E-state index in [-0.39, 0.29) is 17.6 Å². The summed E-state index contributed by atoms with van der Waals surface area (Å²) in [6, 6.07) is 19.7. The second-order valence-corrected chi connectivity index (χ2v) is 8.54. The van der Waals surface area contributed by atoms with Crippen molar-refractivity contribution in [2.45, 2.75) is 32.6 Å². The third-order valence-corrected chi connectivity index (χ3v) is 5.63. The Morgan fingerprint density at radius 3 is 2.70 bits per heavy atom. The molecule has 0 spiro atoms. The maximum atomic E-state index is 13.0. The predicted octanol–water partition coefficient (Wildman–Crippen LogP) is 4.80. The van der Waals surface area contributed by atoms with Gasteiger partial charge in [-0.1, -0.05) is 56.3 Å². The number of aryl methyl sites for hydroxylation is 1. The van der Waals surface area contributed by atoms with Crippen molar-refractivity contribution in [3.05, 3.63) is 83.2 Å².